The predicted octanol–water partition coefficient (Wildman–Crippen LogP) is 4.59. The topological polar surface area (TPSA) is 198 Å². The molecule has 0 spiro atoms. The first kappa shape index (κ1) is 53.2. The van der Waals surface area contributed by atoms with Gasteiger partial charge in [-0.15, -0.1) is 0 Å². The second kappa shape index (κ2) is 24.3. The van der Waals surface area contributed by atoms with Crippen LogP contribution in [0.5, 0.6) is 0 Å². The van der Waals surface area contributed by atoms with Crippen LogP contribution in [-0.4, -0.2) is 142 Å². The van der Waals surface area contributed by atoms with E-state index in [1.165, 1.54) is 26.2 Å². The molecule has 17 heteroatoms. The summed E-state index contributed by atoms with van der Waals surface area (Å²) < 4.78 is 44.7. The van der Waals surface area contributed by atoms with Gasteiger partial charge in [0, 0.05) is 53.6 Å². The summed E-state index contributed by atoms with van der Waals surface area (Å²) in [7, 11) is 2.33. The van der Waals surface area contributed by atoms with Gasteiger partial charge in [0.2, 0.25) is 27.7 Å². The highest BCUT2D eigenvalue weighted by molar-refractivity contribution is 7.90. The lowest BCUT2D eigenvalue weighted by Gasteiger charge is -2.41. The van der Waals surface area contributed by atoms with Crippen molar-refractivity contribution in [2.45, 2.75) is 148 Å². The normalized spacial score (nSPS) is 19.3. The van der Waals surface area contributed by atoms with E-state index in [9.17, 15) is 37.2 Å². The van der Waals surface area contributed by atoms with Crippen LogP contribution in [0, 0.1) is 29.6 Å². The van der Waals surface area contributed by atoms with Crippen LogP contribution >= 0.6 is 0 Å². The molecule has 1 saturated heterocycles. The highest BCUT2D eigenvalue weighted by Gasteiger charge is 2.44. The number of ether oxygens (including phenoxy) is 3. The fourth-order valence-electron chi connectivity index (χ4n) is 8.92. The molecule has 5 amide bonds. The van der Waals surface area contributed by atoms with Gasteiger partial charge < -0.3 is 34.2 Å². The number of methoxy groups -OCH3 is 2. The lowest BCUT2D eigenvalue weighted by molar-refractivity contribution is -0.149. The summed E-state index contributed by atoms with van der Waals surface area (Å²) in [5, 5.41) is 2.16. The molecular weight excluding hydrogens is 831 g/mol. The van der Waals surface area contributed by atoms with Crippen molar-refractivity contribution in [3.05, 3.63) is 35.9 Å². The second-order valence-electron chi connectivity index (χ2n) is 18.1. The smallest absolute Gasteiger partial charge is 0.410 e. The minimum Gasteiger partial charge on any atom is -0.450 e. The van der Waals surface area contributed by atoms with Gasteiger partial charge in [-0.3, -0.25) is 28.7 Å². The van der Waals surface area contributed by atoms with Gasteiger partial charge in [-0.1, -0.05) is 85.2 Å². The number of sulfonamides is 1. The van der Waals surface area contributed by atoms with Gasteiger partial charge in [0.05, 0.1) is 54.5 Å². The van der Waals surface area contributed by atoms with Crippen LogP contribution in [-0.2, 0) is 54.6 Å². The van der Waals surface area contributed by atoms with Crippen molar-refractivity contribution >= 4 is 45.5 Å². The summed E-state index contributed by atoms with van der Waals surface area (Å²) >= 11 is 0. The number of carbonyl (C=O) groups excluding carboxylic acids is 6. The summed E-state index contributed by atoms with van der Waals surface area (Å²) in [4.78, 5) is 87.4. The maximum atomic E-state index is 14.5. The van der Waals surface area contributed by atoms with Crippen molar-refractivity contribution in [3.63, 3.8) is 0 Å². The molecule has 0 unspecified atom stereocenters. The summed E-state index contributed by atoms with van der Waals surface area (Å²) in [6.45, 7) is 15.4. The first-order chi connectivity index (χ1) is 29.6. The van der Waals surface area contributed by atoms with Crippen LogP contribution < -0.4 is 10.0 Å². The molecule has 3 rings (SSSR count). The van der Waals surface area contributed by atoms with E-state index in [4.69, 9.17) is 14.2 Å². The number of Topliss-reactive ketones (excluding diaryl/α,β-unsaturated/α-hetero) is 1. The molecule has 0 aromatic heterocycles. The van der Waals surface area contributed by atoms with Gasteiger partial charge >= 0.3 is 6.09 Å². The lowest BCUT2D eigenvalue weighted by atomic mass is 9.83. The van der Waals surface area contributed by atoms with Crippen molar-refractivity contribution < 1.29 is 51.4 Å². The van der Waals surface area contributed by atoms with E-state index in [0.717, 1.165) is 5.56 Å². The molecule has 1 aliphatic carbocycles. The zero-order chi connectivity index (χ0) is 47.3. The number of nitrogens with one attached hydrogen (secondary N) is 2. The minimum atomic E-state index is -3.87. The molecule has 356 valence electrons. The second-order valence-corrected chi connectivity index (χ2v) is 20.0. The lowest BCUT2D eigenvalue weighted by Crippen LogP contribution is -2.55. The largest absolute Gasteiger partial charge is 0.450 e. The summed E-state index contributed by atoms with van der Waals surface area (Å²) in [5.74, 6) is -4.22. The molecule has 2 aliphatic rings. The Bertz CT molecular complexity index is 1810. The third-order valence-corrected chi connectivity index (χ3v) is 14.7. The monoisotopic (exact) mass is 906 g/mol. The van der Waals surface area contributed by atoms with Crippen LogP contribution in [0.3, 0.4) is 0 Å². The highest BCUT2D eigenvalue weighted by Crippen LogP contribution is 2.32. The first-order valence-electron chi connectivity index (χ1n) is 22.6. The molecule has 1 saturated carbocycles. The van der Waals surface area contributed by atoms with Gasteiger partial charge in [0.15, 0.2) is 5.78 Å². The molecule has 1 aromatic carbocycles. The number of hydrogen-bond acceptors (Lipinski definition) is 11. The van der Waals surface area contributed by atoms with Crippen molar-refractivity contribution in [2.75, 3.05) is 41.5 Å². The Morgan fingerprint density at radius 1 is 0.841 bits per heavy atom. The zero-order valence-electron chi connectivity index (χ0n) is 39.6. The maximum Gasteiger partial charge on any atom is 0.410 e. The highest BCUT2D eigenvalue weighted by atomic mass is 32.2. The Morgan fingerprint density at radius 2 is 1.48 bits per heavy atom. The molecule has 2 fully saturated rings. The molecular formula is C46H75N5O11S. The van der Waals surface area contributed by atoms with Crippen molar-refractivity contribution in [1.29, 1.82) is 0 Å². The van der Waals surface area contributed by atoms with E-state index >= 15 is 0 Å². The first-order valence-corrected chi connectivity index (χ1v) is 24.1. The van der Waals surface area contributed by atoms with Crippen molar-refractivity contribution in [2.24, 2.45) is 29.6 Å². The number of likely N-dealkylation sites (tertiary alicyclic amines) is 1. The van der Waals surface area contributed by atoms with Crippen LogP contribution in [0.1, 0.15) is 106 Å². The van der Waals surface area contributed by atoms with E-state index in [0.29, 0.717) is 38.6 Å². The van der Waals surface area contributed by atoms with Gasteiger partial charge in [0.1, 0.15) is 6.04 Å². The van der Waals surface area contributed by atoms with E-state index in [-0.39, 0.29) is 61.2 Å². The molecule has 16 nitrogen and oxygen atoms in total. The van der Waals surface area contributed by atoms with E-state index in [1.54, 1.807) is 55.0 Å². The van der Waals surface area contributed by atoms with Crippen LogP contribution in [0.15, 0.2) is 30.3 Å². The number of likely N-dealkylation sites (N-methyl/N-ethyl adjacent to an activating group) is 2. The van der Waals surface area contributed by atoms with Crippen LogP contribution in [0.2, 0.25) is 0 Å². The Morgan fingerprint density at radius 3 is 2.00 bits per heavy atom. The minimum absolute atomic E-state index is 0.0588. The number of ketones is 1. The quantitative estimate of drug-likeness (QED) is 0.139. The number of hydrogen-bond donors (Lipinski definition) is 2. The molecule has 63 heavy (non-hydrogen) atoms. The third kappa shape index (κ3) is 14.2. The summed E-state index contributed by atoms with van der Waals surface area (Å²) in [6.07, 6.45) is 0.601. The third-order valence-electron chi connectivity index (χ3n) is 12.9. The fraction of sp³-hybridized carbons (Fsp3) is 0.739. The van der Waals surface area contributed by atoms with E-state index in [1.807, 2.05) is 47.6 Å². The Hall–Kier alpha value is -4.09. The van der Waals surface area contributed by atoms with E-state index < -0.39 is 81.4 Å². The number of benzene rings is 1. The van der Waals surface area contributed by atoms with E-state index in [2.05, 4.69) is 10.0 Å². The number of carbonyl (C=O) groups is 6. The molecule has 0 bridgehead atoms. The Balaban J connectivity index is 1.81. The molecule has 1 aromatic rings. The summed E-state index contributed by atoms with van der Waals surface area (Å²) in [5.41, 5.74) is 0.730. The zero-order valence-corrected chi connectivity index (χ0v) is 40.4. The number of rotatable bonds is 25. The average Bonchev–Trinajstić information content (AvgIpc) is 4.00. The van der Waals surface area contributed by atoms with Gasteiger partial charge in [0.25, 0.3) is 5.91 Å². The Labute approximate surface area is 375 Å². The van der Waals surface area contributed by atoms with Gasteiger partial charge in [-0.25, -0.2) is 13.2 Å². The van der Waals surface area contributed by atoms with Crippen LogP contribution in [0.25, 0.3) is 0 Å². The fourth-order valence-corrected chi connectivity index (χ4v) is 10.3. The SMILES string of the molecule is CCOC(=O)N(C)[C@H](C(=O)C[C@H](C(=O)N(C)[C@@H]([C@@H](C)CC)[C@@H](CC(=O)N1CCC[C@H]1[C@H](OC)[C@@H](C)C(=O)N[C@@H](Cc1ccccc1)C(=O)NS(=O)(=O)C1CC1)OC)C(C)C)C(C)C. The van der Waals surface area contributed by atoms with Crippen LogP contribution in [0.4, 0.5) is 4.79 Å². The average molecular weight is 906 g/mol. The standard InChI is InChI=1S/C46H75N5O11S/c1-13-30(7)41(49(9)45(56)34(28(3)4)26-37(52)40(29(5)6)50(10)46(57)62-14-2)38(60-11)27-39(53)51-24-18-21-36(51)42(61-12)31(8)43(54)47-35(25-32-19-16-15-17-20-32)44(55)48-63(58,59)33-22-23-33/h15-17,19-20,28-31,33-36,38,40-42H,13-14,18,21-27H2,1-12H3,(H,47,54)(H,48,55)/t30-,31+,34-,35-,36-,38+,40-,41-,42+/m0/s1. The number of nitrogens with zero attached hydrogens (tertiary/aromatic N) is 3. The maximum absolute atomic E-state index is 14.5. The van der Waals surface area contributed by atoms with Crippen molar-refractivity contribution in [1.82, 2.24) is 24.7 Å². The van der Waals surface area contributed by atoms with Gasteiger partial charge in [-0.2, -0.15) is 0 Å². The number of amides is 5. The molecule has 1 aliphatic heterocycles. The molecule has 1 heterocycles. The summed E-state index contributed by atoms with van der Waals surface area (Å²) in [6, 6.07) is 5.96. The molecule has 2 N–H and O–H groups in total. The Kier molecular flexibility index (Phi) is 20.5. The molecule has 9 atom stereocenters. The predicted molar refractivity (Wildman–Crippen MR) is 240 cm³/mol. The van der Waals surface area contributed by atoms with Crippen molar-refractivity contribution in [3.8, 4) is 0 Å². The molecule has 0 radical (unpaired) electrons. The van der Waals surface area contributed by atoms with Gasteiger partial charge in [-0.05, 0) is 55.9 Å².